The summed E-state index contributed by atoms with van der Waals surface area (Å²) in [4.78, 5) is 0. The predicted octanol–water partition coefficient (Wildman–Crippen LogP) is 4.46. The van der Waals surface area contributed by atoms with Gasteiger partial charge in [-0.3, -0.25) is 0 Å². The van der Waals surface area contributed by atoms with E-state index in [0.29, 0.717) is 6.04 Å². The molecule has 1 fully saturated rings. The van der Waals surface area contributed by atoms with Gasteiger partial charge in [0.25, 0.3) is 0 Å². The number of thioether (sulfide) groups is 1. The van der Waals surface area contributed by atoms with Gasteiger partial charge in [0.2, 0.25) is 0 Å². The minimum absolute atomic E-state index is 0.109. The Morgan fingerprint density at radius 1 is 1.47 bits per heavy atom. The van der Waals surface area contributed by atoms with Crippen molar-refractivity contribution in [3.05, 3.63) is 35.1 Å². The first-order valence-electron chi connectivity index (χ1n) is 7.20. The highest BCUT2D eigenvalue weighted by Crippen LogP contribution is 2.46. The topological polar surface area (TPSA) is 12.0 Å². The van der Waals surface area contributed by atoms with Gasteiger partial charge in [0.05, 0.1) is 0 Å². The summed E-state index contributed by atoms with van der Waals surface area (Å²) in [6.07, 6.45) is 3.64. The Bertz CT molecular complexity index is 427. The molecule has 2 unspecified atom stereocenters. The molecule has 2 atom stereocenters. The van der Waals surface area contributed by atoms with Crippen molar-refractivity contribution in [2.24, 2.45) is 0 Å². The van der Waals surface area contributed by atoms with E-state index in [-0.39, 0.29) is 10.6 Å². The van der Waals surface area contributed by atoms with Crippen molar-refractivity contribution in [3.63, 3.8) is 0 Å². The summed E-state index contributed by atoms with van der Waals surface area (Å²) >= 11 is 2.05. The molecule has 19 heavy (non-hydrogen) atoms. The number of nitrogens with one attached hydrogen (secondary N) is 1. The third-order valence-corrected chi connectivity index (χ3v) is 5.57. The van der Waals surface area contributed by atoms with Crippen molar-refractivity contribution in [3.8, 4) is 0 Å². The molecule has 1 heterocycles. The summed E-state index contributed by atoms with van der Waals surface area (Å²) in [5.74, 6) is 1.13. The maximum Gasteiger partial charge on any atom is 0.126 e. The van der Waals surface area contributed by atoms with Crippen LogP contribution in [0.3, 0.4) is 0 Å². The quantitative estimate of drug-likeness (QED) is 0.855. The van der Waals surface area contributed by atoms with Gasteiger partial charge in [-0.05, 0) is 62.6 Å². The molecular formula is C16H24FNS. The van der Waals surface area contributed by atoms with Crippen LogP contribution in [-0.4, -0.2) is 17.0 Å². The molecule has 1 saturated heterocycles. The van der Waals surface area contributed by atoms with E-state index in [9.17, 15) is 4.39 Å². The third-order valence-electron chi connectivity index (χ3n) is 3.97. The van der Waals surface area contributed by atoms with Crippen molar-refractivity contribution in [2.75, 3.05) is 12.3 Å². The maximum absolute atomic E-state index is 13.5. The van der Waals surface area contributed by atoms with Gasteiger partial charge in [0.1, 0.15) is 5.82 Å². The molecule has 1 aliphatic heterocycles. The van der Waals surface area contributed by atoms with Crippen LogP contribution >= 0.6 is 11.8 Å². The van der Waals surface area contributed by atoms with Crippen LogP contribution in [0.1, 0.15) is 50.3 Å². The van der Waals surface area contributed by atoms with E-state index in [2.05, 4.69) is 30.9 Å². The molecule has 0 amide bonds. The van der Waals surface area contributed by atoms with Crippen LogP contribution in [0.25, 0.3) is 0 Å². The monoisotopic (exact) mass is 281 g/mol. The first kappa shape index (κ1) is 14.9. The van der Waals surface area contributed by atoms with Crippen LogP contribution in [0, 0.1) is 12.7 Å². The lowest BCUT2D eigenvalue weighted by Crippen LogP contribution is -2.38. The number of hydrogen-bond donors (Lipinski definition) is 1. The lowest BCUT2D eigenvalue weighted by atomic mass is 9.89. The van der Waals surface area contributed by atoms with E-state index in [1.54, 1.807) is 6.07 Å². The average Bonchev–Trinajstić information content (AvgIpc) is 2.82. The smallest absolute Gasteiger partial charge is 0.126 e. The Kier molecular flexibility index (Phi) is 4.91. The lowest BCUT2D eigenvalue weighted by Gasteiger charge is -2.35. The second-order valence-corrected chi connectivity index (χ2v) is 7.29. The lowest BCUT2D eigenvalue weighted by molar-refractivity contribution is 0.412. The maximum atomic E-state index is 13.5. The van der Waals surface area contributed by atoms with Crippen molar-refractivity contribution in [2.45, 2.75) is 50.8 Å². The van der Waals surface area contributed by atoms with Gasteiger partial charge in [-0.1, -0.05) is 19.1 Å². The molecule has 0 saturated carbocycles. The molecule has 106 valence electrons. The van der Waals surface area contributed by atoms with Crippen molar-refractivity contribution < 1.29 is 4.39 Å². The van der Waals surface area contributed by atoms with Gasteiger partial charge in [-0.15, -0.1) is 0 Å². The summed E-state index contributed by atoms with van der Waals surface area (Å²) < 4.78 is 13.7. The molecule has 0 aromatic heterocycles. The molecule has 1 aromatic carbocycles. The zero-order chi connectivity index (χ0) is 13.9. The van der Waals surface area contributed by atoms with Crippen LogP contribution in [0.4, 0.5) is 4.39 Å². The first-order valence-corrected chi connectivity index (χ1v) is 8.19. The fraction of sp³-hybridized carbons (Fsp3) is 0.625. The van der Waals surface area contributed by atoms with Gasteiger partial charge in [-0.25, -0.2) is 4.39 Å². The molecular weight excluding hydrogens is 257 g/mol. The highest BCUT2D eigenvalue weighted by atomic mass is 32.2. The minimum atomic E-state index is -0.109. The van der Waals surface area contributed by atoms with Gasteiger partial charge < -0.3 is 5.32 Å². The van der Waals surface area contributed by atoms with E-state index < -0.39 is 0 Å². The summed E-state index contributed by atoms with van der Waals surface area (Å²) in [5.41, 5.74) is 1.97. The molecule has 0 spiro atoms. The Labute approximate surface area is 120 Å². The summed E-state index contributed by atoms with van der Waals surface area (Å²) in [5, 5.41) is 3.67. The highest BCUT2D eigenvalue weighted by Gasteiger charge is 2.38. The Balaban J connectivity index is 2.28. The fourth-order valence-corrected chi connectivity index (χ4v) is 4.28. The second kappa shape index (κ2) is 6.27. The zero-order valence-corrected chi connectivity index (χ0v) is 12.9. The molecule has 3 heteroatoms. The minimum Gasteiger partial charge on any atom is -0.309 e. The van der Waals surface area contributed by atoms with Crippen LogP contribution in [0.15, 0.2) is 18.2 Å². The third kappa shape index (κ3) is 3.32. The molecule has 0 aliphatic carbocycles. The molecule has 1 aromatic rings. The number of rotatable bonds is 5. The van der Waals surface area contributed by atoms with Gasteiger partial charge >= 0.3 is 0 Å². The van der Waals surface area contributed by atoms with Gasteiger partial charge in [0.15, 0.2) is 0 Å². The van der Waals surface area contributed by atoms with E-state index in [0.717, 1.165) is 18.5 Å². The van der Waals surface area contributed by atoms with E-state index in [1.807, 2.05) is 19.1 Å². The number of hydrogen-bond acceptors (Lipinski definition) is 2. The summed E-state index contributed by atoms with van der Waals surface area (Å²) in [7, 11) is 0. The van der Waals surface area contributed by atoms with E-state index in [4.69, 9.17) is 0 Å². The summed E-state index contributed by atoms with van der Waals surface area (Å²) in [6.45, 7) is 7.39. The normalized spacial score (nSPS) is 24.6. The van der Waals surface area contributed by atoms with Gasteiger partial charge in [-0.2, -0.15) is 11.8 Å². The Hall–Kier alpha value is -0.540. The molecule has 0 bridgehead atoms. The van der Waals surface area contributed by atoms with Crippen molar-refractivity contribution in [1.29, 1.82) is 0 Å². The van der Waals surface area contributed by atoms with Crippen LogP contribution in [0.5, 0.6) is 0 Å². The molecule has 0 radical (unpaired) electrons. The van der Waals surface area contributed by atoms with Crippen LogP contribution in [0.2, 0.25) is 0 Å². The van der Waals surface area contributed by atoms with E-state index >= 15 is 0 Å². The molecule has 1 nitrogen and oxygen atoms in total. The summed E-state index contributed by atoms with van der Waals surface area (Å²) in [6, 6.07) is 5.88. The Morgan fingerprint density at radius 3 is 2.84 bits per heavy atom. The SMILES string of the molecule is CCCNC(c1ccc(F)c(C)c1)C1(C)CCCS1. The number of halogens is 1. The van der Waals surface area contributed by atoms with Crippen molar-refractivity contribution in [1.82, 2.24) is 5.32 Å². The molecule has 1 N–H and O–H groups in total. The standard InChI is InChI=1S/C16H24FNS/c1-4-9-18-15(16(3)8-5-10-19-16)13-6-7-14(17)12(2)11-13/h6-7,11,15,18H,4-5,8-10H2,1-3H3. The largest absolute Gasteiger partial charge is 0.309 e. The van der Waals surface area contributed by atoms with E-state index in [1.165, 1.54) is 24.2 Å². The first-order chi connectivity index (χ1) is 9.07. The zero-order valence-electron chi connectivity index (χ0n) is 12.1. The van der Waals surface area contributed by atoms with Gasteiger partial charge in [0, 0.05) is 10.8 Å². The average molecular weight is 281 g/mol. The predicted molar refractivity (Wildman–Crippen MR) is 82.3 cm³/mol. The van der Waals surface area contributed by atoms with Crippen LogP contribution in [-0.2, 0) is 0 Å². The molecule has 2 rings (SSSR count). The molecule has 1 aliphatic rings. The van der Waals surface area contributed by atoms with Crippen molar-refractivity contribution >= 4 is 11.8 Å². The Morgan fingerprint density at radius 2 is 2.26 bits per heavy atom. The fourth-order valence-electron chi connectivity index (χ4n) is 2.85. The number of benzene rings is 1. The number of aryl methyl sites for hydroxylation is 1. The second-order valence-electron chi connectivity index (χ2n) is 5.66. The van der Waals surface area contributed by atoms with Crippen LogP contribution < -0.4 is 5.32 Å². The highest BCUT2D eigenvalue weighted by molar-refractivity contribution is 8.00.